The Balaban J connectivity index is 1.23. The van der Waals surface area contributed by atoms with Crippen LogP contribution in [0, 0.1) is 5.92 Å². The first kappa shape index (κ1) is 37.5. The fourth-order valence-corrected chi connectivity index (χ4v) is 8.61. The van der Waals surface area contributed by atoms with Crippen LogP contribution in [0.3, 0.4) is 0 Å². The fourth-order valence-electron chi connectivity index (χ4n) is 7.25. The van der Waals surface area contributed by atoms with Gasteiger partial charge in [-0.2, -0.15) is 0 Å². The van der Waals surface area contributed by atoms with Crippen LogP contribution in [0.2, 0.25) is 0 Å². The first-order valence-corrected chi connectivity index (χ1v) is 19.7. The molecule has 2 aliphatic carbocycles. The standard InChI is InChI=1S/C42H42N4O8S/c1-4-28-24-42(28,41(50)45-55(51,52)32-17-18-32)44-39(48)37-22-31(25-46(37)40(49)34(20-29(47)5-2)26-12-8-6-9-13-26)54-38-23-35(27-14-10-7-11-15-27)43-36-21-30(53-3)16-19-33(36)38/h4-16,19,21,23,28,31-32,34,37H,1-2,17-18,20,22,24-25H2,3H3,(H,44,48)(H,45,50)/t28-,31-,34-,37+,42-/m1/s1. The van der Waals surface area contributed by atoms with Crippen LogP contribution in [0.5, 0.6) is 11.5 Å². The lowest BCUT2D eigenvalue weighted by molar-refractivity contribution is -0.141. The van der Waals surface area contributed by atoms with Crippen molar-refractivity contribution in [1.82, 2.24) is 19.9 Å². The maximum absolute atomic E-state index is 14.6. The number of methoxy groups -OCH3 is 1. The highest BCUT2D eigenvalue weighted by Gasteiger charge is 2.62. The van der Waals surface area contributed by atoms with Gasteiger partial charge in [-0.25, -0.2) is 13.4 Å². The number of hydrogen-bond donors (Lipinski definition) is 2. The Kier molecular flexibility index (Phi) is 10.3. The molecule has 0 spiro atoms. The molecule has 3 aromatic carbocycles. The van der Waals surface area contributed by atoms with Gasteiger partial charge >= 0.3 is 0 Å². The Morgan fingerprint density at radius 3 is 2.35 bits per heavy atom. The van der Waals surface area contributed by atoms with Crippen LogP contribution in [0.1, 0.15) is 43.6 Å². The lowest BCUT2D eigenvalue weighted by atomic mass is 9.92. The number of fused-ring (bicyclic) bond motifs is 1. The summed E-state index contributed by atoms with van der Waals surface area (Å²) in [6.45, 7) is 7.36. The first-order valence-electron chi connectivity index (χ1n) is 18.2. The molecule has 2 saturated carbocycles. The second kappa shape index (κ2) is 15.1. The van der Waals surface area contributed by atoms with E-state index in [1.165, 1.54) is 11.0 Å². The Hall–Kier alpha value is -5.82. The number of carbonyl (C=O) groups excluding carboxylic acids is 4. The Morgan fingerprint density at radius 1 is 1.00 bits per heavy atom. The van der Waals surface area contributed by atoms with Gasteiger partial charge in [-0.1, -0.05) is 73.3 Å². The van der Waals surface area contributed by atoms with Crippen molar-refractivity contribution < 1.29 is 37.1 Å². The molecule has 4 aromatic rings. The van der Waals surface area contributed by atoms with Crippen LogP contribution in [0.15, 0.2) is 110 Å². The van der Waals surface area contributed by atoms with Crippen LogP contribution in [0.25, 0.3) is 22.2 Å². The Bertz CT molecular complexity index is 2280. The molecule has 1 aliphatic heterocycles. The fraction of sp³-hybridized carbons (Fsp3) is 0.310. The van der Waals surface area contributed by atoms with Gasteiger partial charge in [-0.05, 0) is 43.0 Å². The van der Waals surface area contributed by atoms with Crippen molar-refractivity contribution >= 4 is 44.4 Å². The molecule has 2 N–H and O–H groups in total. The number of likely N-dealkylation sites (tertiary alicyclic amines) is 1. The number of hydrogen-bond acceptors (Lipinski definition) is 9. The minimum absolute atomic E-state index is 0.0245. The zero-order valence-electron chi connectivity index (χ0n) is 30.3. The van der Waals surface area contributed by atoms with Crippen molar-refractivity contribution in [2.75, 3.05) is 13.7 Å². The van der Waals surface area contributed by atoms with Crippen LogP contribution in [0.4, 0.5) is 0 Å². The average Bonchev–Trinajstić information content (AvgIpc) is 4.13. The predicted molar refractivity (Wildman–Crippen MR) is 207 cm³/mol. The second-order valence-electron chi connectivity index (χ2n) is 14.3. The second-order valence-corrected chi connectivity index (χ2v) is 16.2. The SMILES string of the molecule is C=CC(=O)C[C@@H](C(=O)N1C[C@H](Oc2cc(-c3ccccc3)nc3cc(OC)ccc23)C[C@H]1C(=O)N[C@]1(C(=O)NS(=O)(=O)C2CC2)C[C@H]1C=C)c1ccccc1. The summed E-state index contributed by atoms with van der Waals surface area (Å²) in [5.74, 6) is -2.71. The quantitative estimate of drug-likeness (QED) is 0.127. The van der Waals surface area contributed by atoms with Gasteiger partial charge in [-0.3, -0.25) is 23.9 Å². The summed E-state index contributed by atoms with van der Waals surface area (Å²) in [5.41, 5.74) is 1.13. The molecule has 12 nitrogen and oxygen atoms in total. The summed E-state index contributed by atoms with van der Waals surface area (Å²) < 4.78 is 39.8. The van der Waals surface area contributed by atoms with E-state index in [1.807, 2.05) is 42.5 Å². The number of sulfonamides is 1. The largest absolute Gasteiger partial charge is 0.497 e. The third-order valence-electron chi connectivity index (χ3n) is 10.6. The van der Waals surface area contributed by atoms with Crippen molar-refractivity contribution in [2.45, 2.75) is 61.0 Å². The zero-order chi connectivity index (χ0) is 38.9. The Labute approximate surface area is 319 Å². The number of nitrogens with one attached hydrogen (secondary N) is 2. The molecule has 0 unspecified atom stereocenters. The van der Waals surface area contributed by atoms with Gasteiger partial charge in [0.05, 0.1) is 36.0 Å². The molecule has 2 heterocycles. The Morgan fingerprint density at radius 2 is 1.71 bits per heavy atom. The molecule has 3 fully saturated rings. The van der Waals surface area contributed by atoms with Gasteiger partial charge in [0.25, 0.3) is 5.91 Å². The van der Waals surface area contributed by atoms with Gasteiger partial charge < -0.3 is 19.7 Å². The molecular formula is C42H42N4O8S. The van der Waals surface area contributed by atoms with Gasteiger partial charge in [0, 0.05) is 41.8 Å². The number of ether oxygens (including phenoxy) is 2. The number of pyridine rings is 1. The number of benzene rings is 3. The van der Waals surface area contributed by atoms with Crippen molar-refractivity contribution in [3.05, 3.63) is 116 Å². The number of ketones is 1. The molecule has 0 radical (unpaired) electrons. The average molecular weight is 763 g/mol. The maximum Gasteiger partial charge on any atom is 0.259 e. The highest BCUT2D eigenvalue weighted by Crippen LogP contribution is 2.46. The van der Waals surface area contributed by atoms with E-state index in [9.17, 15) is 27.6 Å². The van der Waals surface area contributed by atoms with E-state index in [-0.39, 0.29) is 31.6 Å². The topological polar surface area (TPSA) is 161 Å². The molecule has 284 valence electrons. The number of carbonyl (C=O) groups is 4. The normalized spacial score (nSPS) is 22.3. The van der Waals surface area contributed by atoms with E-state index >= 15 is 0 Å². The summed E-state index contributed by atoms with van der Waals surface area (Å²) in [5, 5.41) is 2.86. The molecule has 5 atom stereocenters. The van der Waals surface area contributed by atoms with Crippen LogP contribution in [-0.2, 0) is 29.2 Å². The van der Waals surface area contributed by atoms with E-state index in [1.54, 1.807) is 49.6 Å². The number of amides is 3. The van der Waals surface area contributed by atoms with Crippen LogP contribution in [-0.4, -0.2) is 78.4 Å². The molecule has 55 heavy (non-hydrogen) atoms. The third kappa shape index (κ3) is 7.74. The molecule has 3 aliphatic rings. The van der Waals surface area contributed by atoms with E-state index in [0.717, 1.165) is 11.6 Å². The first-order chi connectivity index (χ1) is 26.5. The van der Waals surface area contributed by atoms with Crippen LogP contribution < -0.4 is 19.5 Å². The molecule has 0 bridgehead atoms. The van der Waals surface area contributed by atoms with Gasteiger partial charge in [0.1, 0.15) is 29.2 Å². The molecular weight excluding hydrogens is 721 g/mol. The van der Waals surface area contributed by atoms with Crippen molar-refractivity contribution in [1.29, 1.82) is 0 Å². The summed E-state index contributed by atoms with van der Waals surface area (Å²) in [6, 6.07) is 24.5. The van der Waals surface area contributed by atoms with Gasteiger partial charge in [-0.15, -0.1) is 6.58 Å². The molecule has 3 amide bonds. The number of rotatable bonds is 15. The van der Waals surface area contributed by atoms with E-state index < -0.39 is 62.5 Å². The molecule has 7 rings (SSSR count). The number of aromatic nitrogens is 1. The minimum atomic E-state index is -3.91. The predicted octanol–water partition coefficient (Wildman–Crippen LogP) is 4.86. The van der Waals surface area contributed by atoms with Gasteiger partial charge in [0.2, 0.25) is 21.8 Å². The van der Waals surface area contributed by atoms with Crippen molar-refractivity contribution in [3.8, 4) is 22.8 Å². The van der Waals surface area contributed by atoms with E-state index in [0.29, 0.717) is 46.5 Å². The zero-order valence-corrected chi connectivity index (χ0v) is 31.2. The monoisotopic (exact) mass is 762 g/mol. The highest BCUT2D eigenvalue weighted by atomic mass is 32.2. The van der Waals surface area contributed by atoms with Crippen molar-refractivity contribution in [3.63, 3.8) is 0 Å². The summed E-state index contributed by atoms with van der Waals surface area (Å²) >= 11 is 0. The lowest BCUT2D eigenvalue weighted by Crippen LogP contribution is -2.57. The third-order valence-corrected chi connectivity index (χ3v) is 12.4. The summed E-state index contributed by atoms with van der Waals surface area (Å²) in [7, 11) is -2.34. The molecule has 1 aromatic heterocycles. The van der Waals surface area contributed by atoms with Crippen LogP contribution >= 0.6 is 0 Å². The smallest absolute Gasteiger partial charge is 0.259 e. The summed E-state index contributed by atoms with van der Waals surface area (Å²) in [6.07, 6.45) is 2.87. The summed E-state index contributed by atoms with van der Waals surface area (Å²) in [4.78, 5) is 61.6. The number of nitrogens with zero attached hydrogens (tertiary/aromatic N) is 2. The maximum atomic E-state index is 14.6. The van der Waals surface area contributed by atoms with Gasteiger partial charge in [0.15, 0.2) is 5.78 Å². The molecule has 1 saturated heterocycles. The highest BCUT2D eigenvalue weighted by molar-refractivity contribution is 7.91. The lowest BCUT2D eigenvalue weighted by Gasteiger charge is -2.29. The molecule has 13 heteroatoms. The van der Waals surface area contributed by atoms with E-state index in [4.69, 9.17) is 14.5 Å². The minimum Gasteiger partial charge on any atom is -0.497 e. The number of allylic oxidation sites excluding steroid dienone is 1. The van der Waals surface area contributed by atoms with Crippen molar-refractivity contribution in [2.24, 2.45) is 5.92 Å². The van der Waals surface area contributed by atoms with E-state index in [2.05, 4.69) is 23.2 Å².